The average Bonchev–Trinajstić information content (AvgIpc) is 3.17. The fourth-order valence-electron chi connectivity index (χ4n) is 4.72. The summed E-state index contributed by atoms with van der Waals surface area (Å²) in [5.74, 6) is 1.48. The molecule has 118 valence electrons. The van der Waals surface area contributed by atoms with Crippen LogP contribution >= 0.6 is 0 Å². The molecule has 4 rings (SSSR count). The lowest BCUT2D eigenvalue weighted by Crippen LogP contribution is -2.53. The SMILES string of the molecule is O=C(c1cccc(F)c1)N1CCN([C@@H]2C[C@@H]3CC[C@@H]2C3)CC1. The fourth-order valence-corrected chi connectivity index (χ4v) is 4.72. The molecular formula is C18H23FN2O. The van der Waals surface area contributed by atoms with E-state index in [1.165, 1.54) is 37.8 Å². The molecule has 2 saturated carbocycles. The van der Waals surface area contributed by atoms with E-state index < -0.39 is 0 Å². The summed E-state index contributed by atoms with van der Waals surface area (Å²) in [5, 5.41) is 0. The van der Waals surface area contributed by atoms with Crippen molar-refractivity contribution < 1.29 is 9.18 Å². The quantitative estimate of drug-likeness (QED) is 0.839. The zero-order valence-electron chi connectivity index (χ0n) is 12.9. The minimum Gasteiger partial charge on any atom is -0.336 e. The first kappa shape index (κ1) is 14.2. The van der Waals surface area contributed by atoms with Gasteiger partial charge in [0.15, 0.2) is 0 Å². The number of amides is 1. The van der Waals surface area contributed by atoms with Crippen LogP contribution in [0.3, 0.4) is 0 Å². The third-order valence-electron chi connectivity index (χ3n) is 5.84. The number of rotatable bonds is 2. The van der Waals surface area contributed by atoms with Crippen molar-refractivity contribution in [3.05, 3.63) is 35.6 Å². The lowest BCUT2D eigenvalue weighted by molar-refractivity contribution is 0.0495. The molecule has 1 aromatic carbocycles. The Bertz CT molecular complexity index is 568. The summed E-state index contributed by atoms with van der Waals surface area (Å²) < 4.78 is 13.3. The van der Waals surface area contributed by atoms with Crippen molar-refractivity contribution in [2.45, 2.75) is 31.7 Å². The molecule has 4 heteroatoms. The van der Waals surface area contributed by atoms with E-state index in [-0.39, 0.29) is 11.7 Å². The summed E-state index contributed by atoms with van der Waals surface area (Å²) in [6, 6.07) is 6.78. The minimum atomic E-state index is -0.341. The smallest absolute Gasteiger partial charge is 0.254 e. The highest BCUT2D eigenvalue weighted by molar-refractivity contribution is 5.94. The molecule has 3 atom stereocenters. The molecule has 1 aromatic rings. The average molecular weight is 302 g/mol. The van der Waals surface area contributed by atoms with Gasteiger partial charge < -0.3 is 4.90 Å². The molecule has 3 fully saturated rings. The van der Waals surface area contributed by atoms with E-state index in [0.29, 0.717) is 5.56 Å². The second kappa shape index (κ2) is 5.65. The van der Waals surface area contributed by atoms with Crippen molar-refractivity contribution in [3.63, 3.8) is 0 Å². The summed E-state index contributed by atoms with van der Waals surface area (Å²) in [7, 11) is 0. The minimum absolute atomic E-state index is 0.0351. The number of carbonyl (C=O) groups is 1. The molecule has 2 bridgehead atoms. The van der Waals surface area contributed by atoms with Gasteiger partial charge in [-0.1, -0.05) is 12.5 Å². The molecule has 1 saturated heterocycles. The zero-order chi connectivity index (χ0) is 15.1. The van der Waals surface area contributed by atoms with Crippen molar-refractivity contribution in [2.75, 3.05) is 26.2 Å². The van der Waals surface area contributed by atoms with Crippen LogP contribution < -0.4 is 0 Å². The molecule has 0 N–H and O–H groups in total. The van der Waals surface area contributed by atoms with E-state index in [9.17, 15) is 9.18 Å². The van der Waals surface area contributed by atoms with Crippen LogP contribution in [0.1, 0.15) is 36.0 Å². The topological polar surface area (TPSA) is 23.6 Å². The van der Waals surface area contributed by atoms with Gasteiger partial charge in [0.05, 0.1) is 0 Å². The number of carbonyl (C=O) groups excluding carboxylic acids is 1. The molecule has 3 aliphatic rings. The Labute approximate surface area is 131 Å². The normalized spacial score (nSPS) is 31.7. The maximum atomic E-state index is 13.3. The number of benzene rings is 1. The van der Waals surface area contributed by atoms with Crippen LogP contribution in [-0.4, -0.2) is 47.9 Å². The Kier molecular flexibility index (Phi) is 3.65. The maximum Gasteiger partial charge on any atom is 0.254 e. The van der Waals surface area contributed by atoms with Gasteiger partial charge in [-0.2, -0.15) is 0 Å². The molecule has 1 aliphatic heterocycles. The van der Waals surface area contributed by atoms with Crippen molar-refractivity contribution in [3.8, 4) is 0 Å². The summed E-state index contributed by atoms with van der Waals surface area (Å²) in [6.07, 6.45) is 5.62. The zero-order valence-corrected chi connectivity index (χ0v) is 12.9. The van der Waals surface area contributed by atoms with Crippen molar-refractivity contribution in [2.24, 2.45) is 11.8 Å². The first-order valence-electron chi connectivity index (χ1n) is 8.49. The second-order valence-corrected chi connectivity index (χ2v) is 7.08. The summed E-state index contributed by atoms with van der Waals surface area (Å²) in [4.78, 5) is 16.9. The molecule has 2 aliphatic carbocycles. The fraction of sp³-hybridized carbons (Fsp3) is 0.611. The van der Waals surface area contributed by atoms with E-state index in [1.54, 1.807) is 12.1 Å². The van der Waals surface area contributed by atoms with E-state index in [4.69, 9.17) is 0 Å². The lowest BCUT2D eigenvalue weighted by atomic mass is 9.93. The lowest BCUT2D eigenvalue weighted by Gasteiger charge is -2.41. The van der Waals surface area contributed by atoms with E-state index >= 15 is 0 Å². The van der Waals surface area contributed by atoms with E-state index in [2.05, 4.69) is 4.90 Å². The van der Waals surface area contributed by atoms with Crippen LogP contribution in [0.5, 0.6) is 0 Å². The molecule has 0 radical (unpaired) electrons. The van der Waals surface area contributed by atoms with Crippen LogP contribution in [-0.2, 0) is 0 Å². The van der Waals surface area contributed by atoms with Crippen LogP contribution in [0, 0.1) is 17.7 Å². The predicted octanol–water partition coefficient (Wildman–Crippen LogP) is 2.77. The van der Waals surface area contributed by atoms with Gasteiger partial charge in [-0.3, -0.25) is 9.69 Å². The third kappa shape index (κ3) is 2.54. The Morgan fingerprint density at radius 1 is 1.09 bits per heavy atom. The maximum absolute atomic E-state index is 13.3. The standard InChI is InChI=1S/C18H23FN2O/c19-16-3-1-2-15(12-16)18(22)21-8-6-20(7-9-21)17-11-13-4-5-14(17)10-13/h1-3,12-14,17H,4-11H2/t13-,14-,17-/m1/s1. The second-order valence-electron chi connectivity index (χ2n) is 7.08. The summed E-state index contributed by atoms with van der Waals surface area (Å²) >= 11 is 0. The summed E-state index contributed by atoms with van der Waals surface area (Å²) in [6.45, 7) is 3.47. The van der Waals surface area contributed by atoms with Gasteiger partial charge in [-0.05, 0) is 49.3 Å². The van der Waals surface area contributed by atoms with Crippen LogP contribution in [0.25, 0.3) is 0 Å². The van der Waals surface area contributed by atoms with E-state index in [0.717, 1.165) is 44.1 Å². The number of halogens is 1. The first-order valence-corrected chi connectivity index (χ1v) is 8.49. The molecule has 0 unspecified atom stereocenters. The van der Waals surface area contributed by atoms with Crippen LogP contribution in [0.4, 0.5) is 4.39 Å². The molecular weight excluding hydrogens is 279 g/mol. The predicted molar refractivity (Wildman–Crippen MR) is 83.1 cm³/mol. The monoisotopic (exact) mass is 302 g/mol. The molecule has 0 spiro atoms. The number of hydrogen-bond acceptors (Lipinski definition) is 2. The Hall–Kier alpha value is -1.42. The molecule has 1 heterocycles. The number of fused-ring (bicyclic) bond motifs is 2. The third-order valence-corrected chi connectivity index (χ3v) is 5.84. The van der Waals surface area contributed by atoms with Crippen molar-refractivity contribution in [1.82, 2.24) is 9.80 Å². The molecule has 3 nitrogen and oxygen atoms in total. The summed E-state index contributed by atoms with van der Waals surface area (Å²) in [5.41, 5.74) is 0.466. The Morgan fingerprint density at radius 3 is 2.55 bits per heavy atom. The van der Waals surface area contributed by atoms with Crippen LogP contribution in [0.15, 0.2) is 24.3 Å². The van der Waals surface area contributed by atoms with Gasteiger partial charge in [0, 0.05) is 37.8 Å². The van der Waals surface area contributed by atoms with Gasteiger partial charge >= 0.3 is 0 Å². The van der Waals surface area contributed by atoms with Crippen molar-refractivity contribution >= 4 is 5.91 Å². The highest BCUT2D eigenvalue weighted by Crippen LogP contribution is 2.46. The Balaban J connectivity index is 1.36. The largest absolute Gasteiger partial charge is 0.336 e. The molecule has 0 aromatic heterocycles. The highest BCUT2D eigenvalue weighted by Gasteiger charge is 2.42. The van der Waals surface area contributed by atoms with Gasteiger partial charge in [-0.15, -0.1) is 0 Å². The molecule has 1 amide bonds. The number of nitrogens with zero attached hydrogens (tertiary/aromatic N) is 2. The van der Waals surface area contributed by atoms with Gasteiger partial charge in [0.1, 0.15) is 5.82 Å². The van der Waals surface area contributed by atoms with Crippen molar-refractivity contribution in [1.29, 1.82) is 0 Å². The van der Waals surface area contributed by atoms with Gasteiger partial charge in [0.2, 0.25) is 0 Å². The Morgan fingerprint density at radius 2 is 1.91 bits per heavy atom. The number of hydrogen-bond donors (Lipinski definition) is 0. The number of piperazine rings is 1. The van der Waals surface area contributed by atoms with Crippen LogP contribution in [0.2, 0.25) is 0 Å². The highest BCUT2D eigenvalue weighted by atomic mass is 19.1. The first-order chi connectivity index (χ1) is 10.7. The molecule has 22 heavy (non-hydrogen) atoms. The van der Waals surface area contributed by atoms with E-state index in [1.807, 2.05) is 4.90 Å². The van der Waals surface area contributed by atoms with Gasteiger partial charge in [0.25, 0.3) is 5.91 Å². The van der Waals surface area contributed by atoms with Gasteiger partial charge in [-0.25, -0.2) is 4.39 Å².